The summed E-state index contributed by atoms with van der Waals surface area (Å²) in [5.74, 6) is 0.714. The first-order chi connectivity index (χ1) is 16.4. The molecule has 0 fully saturated rings. The molecule has 1 amide bonds. The molecule has 0 spiro atoms. The summed E-state index contributed by atoms with van der Waals surface area (Å²) in [6, 6.07) is 13.9. The highest BCUT2D eigenvalue weighted by Gasteiger charge is 2.15. The third kappa shape index (κ3) is 5.33. The average molecular weight is 494 g/mol. The quantitative estimate of drug-likeness (QED) is 0.318. The molecule has 0 saturated carbocycles. The van der Waals surface area contributed by atoms with Crippen molar-refractivity contribution in [1.82, 2.24) is 15.3 Å². The lowest BCUT2D eigenvalue weighted by Crippen LogP contribution is -2.28. The van der Waals surface area contributed by atoms with E-state index in [4.69, 9.17) is 39.0 Å². The van der Waals surface area contributed by atoms with Crippen LogP contribution in [-0.4, -0.2) is 28.1 Å². The molecule has 4 N–H and O–H groups in total. The molecule has 2 heterocycles. The lowest BCUT2D eigenvalue weighted by Gasteiger charge is -2.14. The number of hydrogen-bond acceptors (Lipinski definition) is 6. The summed E-state index contributed by atoms with van der Waals surface area (Å²) < 4.78 is 11.3. The Bertz CT molecular complexity index is 1370. The number of nitrogens with one attached hydrogen (secondary N) is 2. The molecule has 0 bridgehead atoms. The lowest BCUT2D eigenvalue weighted by molar-refractivity contribution is 0.0997. The molecule has 10 heteroatoms. The third-order valence-electron chi connectivity index (χ3n) is 4.88. The van der Waals surface area contributed by atoms with Gasteiger partial charge in [-0.3, -0.25) is 14.8 Å². The number of carbonyl (C=O) groups excluding carboxylic acids is 1. The van der Waals surface area contributed by atoms with E-state index in [1.807, 2.05) is 12.1 Å². The van der Waals surface area contributed by atoms with Crippen LogP contribution in [0.2, 0.25) is 5.02 Å². The number of nitrogens with zero attached hydrogens (tertiary/aromatic N) is 2. The van der Waals surface area contributed by atoms with Crippen LogP contribution >= 0.6 is 23.8 Å². The number of amides is 1. The van der Waals surface area contributed by atoms with Gasteiger partial charge in [0.25, 0.3) is 5.91 Å². The number of fused-ring (bicyclic) bond motifs is 1. The van der Waals surface area contributed by atoms with Crippen molar-refractivity contribution in [3.05, 3.63) is 83.3 Å². The maximum atomic E-state index is 11.8. The molecule has 0 atom stereocenters. The highest BCUT2D eigenvalue weighted by Crippen LogP contribution is 2.35. The van der Waals surface area contributed by atoms with E-state index in [1.54, 1.807) is 55.0 Å². The van der Waals surface area contributed by atoms with Crippen molar-refractivity contribution < 1.29 is 14.3 Å². The topological polar surface area (TPSA) is 111 Å². The molecular formula is C24H20ClN5O3S. The van der Waals surface area contributed by atoms with E-state index >= 15 is 0 Å². The van der Waals surface area contributed by atoms with Crippen LogP contribution < -0.4 is 25.8 Å². The summed E-state index contributed by atoms with van der Waals surface area (Å²) in [4.78, 5) is 20.2. The summed E-state index contributed by atoms with van der Waals surface area (Å²) in [7, 11) is 1.46. The number of pyridine rings is 2. The van der Waals surface area contributed by atoms with Crippen molar-refractivity contribution in [1.29, 1.82) is 0 Å². The van der Waals surface area contributed by atoms with Crippen LogP contribution in [0.3, 0.4) is 0 Å². The first kappa shape index (κ1) is 23.2. The van der Waals surface area contributed by atoms with Gasteiger partial charge in [-0.15, -0.1) is 0 Å². The van der Waals surface area contributed by atoms with Gasteiger partial charge in [0.15, 0.2) is 5.11 Å². The van der Waals surface area contributed by atoms with Crippen LogP contribution in [-0.2, 0) is 6.54 Å². The van der Waals surface area contributed by atoms with Crippen LogP contribution in [0.15, 0.2) is 67.1 Å². The predicted molar refractivity (Wildman–Crippen MR) is 136 cm³/mol. The summed E-state index contributed by atoms with van der Waals surface area (Å²) in [6.07, 6.45) is 5.08. The zero-order chi connectivity index (χ0) is 24.1. The predicted octanol–water partition coefficient (Wildman–Crippen LogP) is 4.67. The first-order valence-electron chi connectivity index (χ1n) is 10.1. The molecule has 0 aliphatic carbocycles. The molecule has 2 aromatic carbocycles. The van der Waals surface area contributed by atoms with Gasteiger partial charge < -0.3 is 25.8 Å². The largest absolute Gasteiger partial charge is 0.496 e. The Balaban J connectivity index is 1.50. The molecule has 8 nitrogen and oxygen atoms in total. The number of halogens is 1. The highest BCUT2D eigenvalue weighted by molar-refractivity contribution is 7.80. The Labute approximate surface area is 206 Å². The summed E-state index contributed by atoms with van der Waals surface area (Å²) in [5.41, 5.74) is 7.94. The lowest BCUT2D eigenvalue weighted by atomic mass is 10.1. The second-order valence-corrected chi connectivity index (χ2v) is 7.97. The maximum Gasteiger partial charge on any atom is 0.252 e. The summed E-state index contributed by atoms with van der Waals surface area (Å²) in [6.45, 7) is 0.533. The zero-order valence-corrected chi connectivity index (χ0v) is 19.6. The van der Waals surface area contributed by atoms with Crippen molar-refractivity contribution in [2.45, 2.75) is 6.54 Å². The van der Waals surface area contributed by atoms with Crippen molar-refractivity contribution in [3.8, 4) is 17.2 Å². The number of anilines is 1. The van der Waals surface area contributed by atoms with Gasteiger partial charge in [0.05, 0.1) is 28.9 Å². The molecule has 172 valence electrons. The number of aromatic nitrogens is 2. The number of primary amides is 1. The van der Waals surface area contributed by atoms with E-state index in [-0.39, 0.29) is 5.56 Å². The Morgan fingerprint density at radius 1 is 1.15 bits per heavy atom. The van der Waals surface area contributed by atoms with Crippen LogP contribution in [0.1, 0.15) is 15.9 Å². The second kappa shape index (κ2) is 10.3. The van der Waals surface area contributed by atoms with Crippen molar-refractivity contribution in [2.75, 3.05) is 12.4 Å². The minimum Gasteiger partial charge on any atom is -0.496 e. The number of nitrogens with two attached hydrogens (primary N) is 1. The molecule has 0 aliphatic heterocycles. The van der Waals surface area contributed by atoms with Gasteiger partial charge in [-0.25, -0.2) is 0 Å². The van der Waals surface area contributed by atoms with Gasteiger partial charge in [0.1, 0.15) is 17.2 Å². The van der Waals surface area contributed by atoms with Crippen molar-refractivity contribution in [2.24, 2.45) is 5.73 Å². The maximum absolute atomic E-state index is 11.8. The van der Waals surface area contributed by atoms with Crippen molar-refractivity contribution in [3.63, 3.8) is 0 Å². The van der Waals surface area contributed by atoms with E-state index in [0.29, 0.717) is 50.5 Å². The second-order valence-electron chi connectivity index (χ2n) is 7.16. The molecule has 4 aromatic rings. The molecular weight excluding hydrogens is 474 g/mol. The normalized spacial score (nSPS) is 10.5. The fourth-order valence-electron chi connectivity index (χ4n) is 3.24. The smallest absolute Gasteiger partial charge is 0.252 e. The molecule has 0 radical (unpaired) electrons. The Kier molecular flexibility index (Phi) is 7.05. The number of ether oxygens (including phenoxy) is 2. The van der Waals surface area contributed by atoms with Crippen LogP contribution in [0.25, 0.3) is 10.9 Å². The monoisotopic (exact) mass is 493 g/mol. The Morgan fingerprint density at radius 3 is 2.71 bits per heavy atom. The Morgan fingerprint density at radius 2 is 2.00 bits per heavy atom. The van der Waals surface area contributed by atoms with E-state index < -0.39 is 5.91 Å². The molecule has 2 aromatic heterocycles. The van der Waals surface area contributed by atoms with Gasteiger partial charge in [-0.05, 0) is 48.1 Å². The van der Waals surface area contributed by atoms with Gasteiger partial charge in [0, 0.05) is 42.7 Å². The number of thiocarbonyl (C=S) groups is 1. The summed E-state index contributed by atoms with van der Waals surface area (Å²) in [5, 5.41) is 7.63. The van der Waals surface area contributed by atoms with E-state index in [1.165, 1.54) is 7.11 Å². The fourth-order valence-corrected chi connectivity index (χ4v) is 3.64. The molecule has 0 unspecified atom stereocenters. The van der Waals surface area contributed by atoms with Crippen LogP contribution in [0, 0.1) is 0 Å². The highest BCUT2D eigenvalue weighted by atomic mass is 35.5. The van der Waals surface area contributed by atoms with E-state index in [2.05, 4.69) is 20.6 Å². The fraction of sp³-hybridized carbons (Fsp3) is 0.0833. The minimum absolute atomic E-state index is 0.234. The van der Waals surface area contributed by atoms with E-state index in [9.17, 15) is 4.79 Å². The van der Waals surface area contributed by atoms with Gasteiger partial charge in [-0.2, -0.15) is 0 Å². The van der Waals surface area contributed by atoms with Gasteiger partial charge in [0.2, 0.25) is 0 Å². The number of carbonyl (C=O) groups is 1. The molecule has 4 rings (SSSR count). The van der Waals surface area contributed by atoms with Crippen LogP contribution in [0.4, 0.5) is 5.69 Å². The van der Waals surface area contributed by atoms with Crippen LogP contribution in [0.5, 0.6) is 17.2 Å². The molecule has 0 saturated heterocycles. The number of hydrogen-bond donors (Lipinski definition) is 3. The Hall–Kier alpha value is -3.95. The number of methoxy groups -OCH3 is 1. The van der Waals surface area contributed by atoms with Gasteiger partial charge in [-0.1, -0.05) is 17.7 Å². The third-order valence-corrected chi connectivity index (χ3v) is 5.44. The zero-order valence-electron chi connectivity index (χ0n) is 18.0. The molecule has 0 aliphatic rings. The summed E-state index contributed by atoms with van der Waals surface area (Å²) >= 11 is 11.8. The SMILES string of the molecule is COc1cc2nccc(Oc3ccc(NC(=S)NCc4cccnc4)c(Cl)c3)c2cc1C(N)=O. The standard InChI is InChI=1S/C24H20ClN5O3S/c1-32-22-11-20-16(10-17(22)23(26)31)21(6-8-28-20)33-15-4-5-19(18(25)9-15)30-24(34)29-13-14-3-2-7-27-12-14/h2-12H,13H2,1H3,(H2,26,31)(H2,29,30,34). The van der Waals surface area contributed by atoms with Crippen molar-refractivity contribution >= 4 is 51.4 Å². The van der Waals surface area contributed by atoms with E-state index in [0.717, 1.165) is 5.56 Å². The number of benzene rings is 2. The number of rotatable bonds is 7. The van der Waals surface area contributed by atoms with Gasteiger partial charge >= 0.3 is 0 Å². The first-order valence-corrected chi connectivity index (χ1v) is 10.9. The molecule has 34 heavy (non-hydrogen) atoms. The minimum atomic E-state index is -0.611. The average Bonchev–Trinajstić information content (AvgIpc) is 2.84.